The van der Waals surface area contributed by atoms with Gasteiger partial charge in [-0.2, -0.15) is 0 Å². The van der Waals surface area contributed by atoms with Crippen molar-refractivity contribution >= 4 is 55.0 Å². The molecular weight excluding hydrogens is 396 g/mol. The van der Waals surface area contributed by atoms with E-state index < -0.39 is 0 Å². The number of nitrogens with zero attached hydrogens (tertiary/aromatic N) is 1. The first-order chi connectivity index (χ1) is 11.1. The van der Waals surface area contributed by atoms with Gasteiger partial charge in [-0.15, -0.1) is 11.3 Å². The highest BCUT2D eigenvalue weighted by Gasteiger charge is 2.18. The number of carbonyl (C=O) groups excluding carboxylic acids is 1. The van der Waals surface area contributed by atoms with E-state index in [1.165, 1.54) is 0 Å². The van der Waals surface area contributed by atoms with Crippen molar-refractivity contribution in [3.8, 4) is 0 Å². The zero-order valence-corrected chi connectivity index (χ0v) is 15.8. The van der Waals surface area contributed by atoms with Gasteiger partial charge in [-0.05, 0) is 46.1 Å². The number of thiophene rings is 1. The fourth-order valence-corrected chi connectivity index (χ4v) is 4.44. The standard InChI is InChI=1S/C17H16BrClN2OS/c1-2-6-20-17(22)14-8-15-16(13(18)10-23-15)21(14)9-11-4-3-5-12(19)7-11/h3-5,7-8,10H,2,6,9H2,1H3,(H,20,22). The molecule has 1 amide bonds. The highest BCUT2D eigenvalue weighted by Crippen LogP contribution is 2.34. The minimum Gasteiger partial charge on any atom is -0.351 e. The molecule has 0 aliphatic carbocycles. The highest BCUT2D eigenvalue weighted by molar-refractivity contribution is 9.10. The van der Waals surface area contributed by atoms with Crippen LogP contribution in [-0.4, -0.2) is 17.0 Å². The van der Waals surface area contributed by atoms with Crippen molar-refractivity contribution in [2.75, 3.05) is 6.54 Å². The van der Waals surface area contributed by atoms with Crippen molar-refractivity contribution in [2.45, 2.75) is 19.9 Å². The first-order valence-corrected chi connectivity index (χ1v) is 9.44. The van der Waals surface area contributed by atoms with E-state index in [0.29, 0.717) is 23.8 Å². The fraction of sp³-hybridized carbons (Fsp3) is 0.235. The molecule has 0 saturated heterocycles. The van der Waals surface area contributed by atoms with Crippen molar-refractivity contribution in [1.82, 2.24) is 9.88 Å². The summed E-state index contributed by atoms with van der Waals surface area (Å²) in [5.41, 5.74) is 2.80. The number of halogens is 2. The number of amides is 1. The van der Waals surface area contributed by atoms with Gasteiger partial charge in [0.05, 0.1) is 14.7 Å². The summed E-state index contributed by atoms with van der Waals surface area (Å²) in [4.78, 5) is 12.5. The Hall–Kier alpha value is -1.30. The maximum Gasteiger partial charge on any atom is 0.267 e. The second-order valence-electron chi connectivity index (χ2n) is 5.30. The van der Waals surface area contributed by atoms with Gasteiger partial charge in [0.2, 0.25) is 0 Å². The topological polar surface area (TPSA) is 34.0 Å². The number of hydrogen-bond acceptors (Lipinski definition) is 2. The summed E-state index contributed by atoms with van der Waals surface area (Å²) in [6.45, 7) is 3.32. The van der Waals surface area contributed by atoms with Crippen LogP contribution in [0.3, 0.4) is 0 Å². The average molecular weight is 412 g/mol. The molecule has 0 radical (unpaired) electrons. The summed E-state index contributed by atoms with van der Waals surface area (Å²) in [6.07, 6.45) is 0.915. The lowest BCUT2D eigenvalue weighted by Crippen LogP contribution is -2.26. The molecule has 6 heteroatoms. The first kappa shape index (κ1) is 16.6. The molecular formula is C17H16BrClN2OS. The monoisotopic (exact) mass is 410 g/mol. The van der Waals surface area contributed by atoms with E-state index in [-0.39, 0.29) is 5.91 Å². The largest absolute Gasteiger partial charge is 0.351 e. The number of rotatable bonds is 5. The minimum atomic E-state index is -0.0378. The Kier molecular flexibility index (Phi) is 5.09. The molecule has 2 aromatic heterocycles. The van der Waals surface area contributed by atoms with Crippen LogP contribution in [-0.2, 0) is 6.54 Å². The van der Waals surface area contributed by atoms with E-state index in [0.717, 1.165) is 26.7 Å². The number of nitrogens with one attached hydrogen (secondary N) is 1. The lowest BCUT2D eigenvalue weighted by molar-refractivity contribution is 0.0945. The van der Waals surface area contributed by atoms with Crippen LogP contribution in [0.25, 0.3) is 10.2 Å². The molecule has 3 nitrogen and oxygen atoms in total. The smallest absolute Gasteiger partial charge is 0.267 e. The number of hydrogen-bond donors (Lipinski definition) is 1. The van der Waals surface area contributed by atoms with Crippen molar-refractivity contribution < 1.29 is 4.79 Å². The Bertz CT molecular complexity index is 856. The molecule has 0 spiro atoms. The lowest BCUT2D eigenvalue weighted by Gasteiger charge is -2.11. The Morgan fingerprint density at radius 1 is 1.39 bits per heavy atom. The van der Waals surface area contributed by atoms with Crippen molar-refractivity contribution in [2.24, 2.45) is 0 Å². The van der Waals surface area contributed by atoms with Crippen LogP contribution in [0.15, 0.2) is 40.2 Å². The molecule has 0 saturated carbocycles. The zero-order chi connectivity index (χ0) is 16.4. The van der Waals surface area contributed by atoms with E-state index >= 15 is 0 Å². The molecule has 0 aliphatic rings. The molecule has 3 rings (SSSR count). The molecule has 0 aliphatic heterocycles. The summed E-state index contributed by atoms with van der Waals surface area (Å²) in [5, 5.41) is 5.71. The zero-order valence-electron chi connectivity index (χ0n) is 12.6. The Balaban J connectivity index is 2.04. The maximum absolute atomic E-state index is 12.5. The van der Waals surface area contributed by atoms with Crippen LogP contribution in [0.1, 0.15) is 29.4 Å². The number of benzene rings is 1. The van der Waals surface area contributed by atoms with E-state index in [2.05, 4.69) is 21.2 Å². The van der Waals surface area contributed by atoms with E-state index in [4.69, 9.17) is 11.6 Å². The molecule has 0 bridgehead atoms. The third-order valence-corrected chi connectivity index (χ3v) is 5.64. The van der Waals surface area contributed by atoms with Crippen LogP contribution < -0.4 is 5.32 Å². The quantitative estimate of drug-likeness (QED) is 0.607. The highest BCUT2D eigenvalue weighted by atomic mass is 79.9. The van der Waals surface area contributed by atoms with Crippen molar-refractivity contribution in [3.05, 3.63) is 56.5 Å². The third-order valence-electron chi connectivity index (χ3n) is 3.58. The molecule has 3 aromatic rings. The summed E-state index contributed by atoms with van der Waals surface area (Å²) in [7, 11) is 0. The van der Waals surface area contributed by atoms with Crippen LogP contribution >= 0.6 is 38.9 Å². The molecule has 23 heavy (non-hydrogen) atoms. The molecule has 2 heterocycles. The number of aromatic nitrogens is 1. The summed E-state index contributed by atoms with van der Waals surface area (Å²) in [6, 6.07) is 9.69. The average Bonchev–Trinajstić information content (AvgIpc) is 3.06. The van der Waals surface area contributed by atoms with E-state index in [1.807, 2.05) is 47.2 Å². The third kappa shape index (κ3) is 3.47. The lowest BCUT2D eigenvalue weighted by atomic mass is 10.2. The first-order valence-electron chi connectivity index (χ1n) is 7.39. The van der Waals surface area contributed by atoms with Gasteiger partial charge in [-0.25, -0.2) is 0 Å². The van der Waals surface area contributed by atoms with Gasteiger partial charge in [-0.1, -0.05) is 30.7 Å². The van der Waals surface area contributed by atoms with Gasteiger partial charge in [0.1, 0.15) is 5.69 Å². The van der Waals surface area contributed by atoms with E-state index in [1.54, 1.807) is 11.3 Å². The Morgan fingerprint density at radius 2 is 2.22 bits per heavy atom. The minimum absolute atomic E-state index is 0.0378. The SMILES string of the molecule is CCCNC(=O)c1cc2scc(Br)c2n1Cc1cccc(Cl)c1. The van der Waals surface area contributed by atoms with Gasteiger partial charge in [0, 0.05) is 23.5 Å². The van der Waals surface area contributed by atoms with Crippen LogP contribution in [0.4, 0.5) is 0 Å². The molecule has 1 aromatic carbocycles. The Morgan fingerprint density at radius 3 is 2.96 bits per heavy atom. The fourth-order valence-electron chi connectivity index (χ4n) is 2.53. The summed E-state index contributed by atoms with van der Waals surface area (Å²) >= 11 is 11.3. The predicted octanol–water partition coefficient (Wildman–Crippen LogP) is 5.31. The second-order valence-corrected chi connectivity index (χ2v) is 7.50. The molecule has 0 atom stereocenters. The van der Waals surface area contributed by atoms with Gasteiger partial charge in [-0.3, -0.25) is 4.79 Å². The summed E-state index contributed by atoms with van der Waals surface area (Å²) in [5.74, 6) is -0.0378. The Labute approximate surface area is 152 Å². The van der Waals surface area contributed by atoms with Gasteiger partial charge < -0.3 is 9.88 Å². The second kappa shape index (κ2) is 7.07. The van der Waals surface area contributed by atoms with Crippen molar-refractivity contribution in [1.29, 1.82) is 0 Å². The van der Waals surface area contributed by atoms with Crippen molar-refractivity contribution in [3.63, 3.8) is 0 Å². The summed E-state index contributed by atoms with van der Waals surface area (Å²) < 4.78 is 4.15. The predicted molar refractivity (Wildman–Crippen MR) is 101 cm³/mol. The van der Waals surface area contributed by atoms with Gasteiger partial charge in [0.25, 0.3) is 5.91 Å². The number of carbonyl (C=O) groups is 1. The molecule has 120 valence electrons. The molecule has 0 fully saturated rings. The van der Waals surface area contributed by atoms with E-state index in [9.17, 15) is 4.79 Å². The number of fused-ring (bicyclic) bond motifs is 1. The molecule has 0 unspecified atom stereocenters. The van der Waals surface area contributed by atoms with Crippen LogP contribution in [0.2, 0.25) is 5.02 Å². The van der Waals surface area contributed by atoms with Crippen LogP contribution in [0.5, 0.6) is 0 Å². The van der Waals surface area contributed by atoms with Gasteiger partial charge in [0.15, 0.2) is 0 Å². The van der Waals surface area contributed by atoms with Gasteiger partial charge >= 0.3 is 0 Å². The van der Waals surface area contributed by atoms with Crippen LogP contribution in [0, 0.1) is 0 Å². The normalized spacial score (nSPS) is 11.1. The molecule has 1 N–H and O–H groups in total. The maximum atomic E-state index is 12.5.